The van der Waals surface area contributed by atoms with Crippen molar-refractivity contribution in [1.82, 2.24) is 0 Å². The Morgan fingerprint density at radius 1 is 0.759 bits per heavy atom. The fraction of sp³-hybridized carbons (Fsp3) is 0.0476. The lowest BCUT2D eigenvalue weighted by Gasteiger charge is -2.17. The first-order valence-electron chi connectivity index (χ1n) is 8.42. The summed E-state index contributed by atoms with van der Waals surface area (Å²) in [6.45, 7) is 0. The van der Waals surface area contributed by atoms with Crippen molar-refractivity contribution in [2.24, 2.45) is 0 Å². The van der Waals surface area contributed by atoms with Gasteiger partial charge in [-0.2, -0.15) is 0 Å². The molecule has 2 unspecified atom stereocenters. The molecule has 0 aliphatic heterocycles. The second kappa shape index (κ2) is 8.67. The lowest BCUT2D eigenvalue weighted by atomic mass is 9.94. The van der Waals surface area contributed by atoms with Gasteiger partial charge in [0.15, 0.2) is 22.2 Å². The van der Waals surface area contributed by atoms with Gasteiger partial charge in [0, 0.05) is 18.3 Å². The first-order chi connectivity index (χ1) is 13.9. The quantitative estimate of drug-likeness (QED) is 0.214. The highest BCUT2D eigenvalue weighted by Gasteiger charge is 2.22. The van der Waals surface area contributed by atoms with Crippen molar-refractivity contribution in [3.05, 3.63) is 67.8 Å². The highest BCUT2D eigenvalue weighted by molar-refractivity contribution is 14.1. The van der Waals surface area contributed by atoms with Gasteiger partial charge in [0.2, 0.25) is 0 Å². The maximum Gasteiger partial charge on any atom is 0.189 e. The molecule has 0 fully saturated rings. The van der Waals surface area contributed by atoms with Crippen LogP contribution in [0.3, 0.4) is 0 Å². The highest BCUT2D eigenvalue weighted by Crippen LogP contribution is 2.42. The monoisotopic (exact) mass is 648 g/mol. The average molecular weight is 648 g/mol. The van der Waals surface area contributed by atoms with Crippen LogP contribution < -0.4 is 0 Å². The molecule has 0 saturated carbocycles. The molecule has 29 heavy (non-hydrogen) atoms. The smallest absolute Gasteiger partial charge is 0.189 e. The summed E-state index contributed by atoms with van der Waals surface area (Å²) < 4.78 is 42.3. The van der Waals surface area contributed by atoms with Gasteiger partial charge in [-0.1, -0.05) is 24.3 Å². The minimum atomic E-state index is -2.22. The SMILES string of the molecule is COS(=O)c1ccc2cc(I)ccc2c1-c1c(S(=O)O)ccc2cc(I)ccc12. The lowest BCUT2D eigenvalue weighted by molar-refractivity contribution is 0.446. The Kier molecular flexibility index (Phi) is 6.38. The number of halogens is 2. The molecule has 0 amide bonds. The average Bonchev–Trinajstić information content (AvgIpc) is 2.71. The van der Waals surface area contributed by atoms with E-state index in [4.69, 9.17) is 4.18 Å². The lowest BCUT2D eigenvalue weighted by Crippen LogP contribution is -2.01. The van der Waals surface area contributed by atoms with Gasteiger partial charge in [0.05, 0.1) is 16.9 Å². The Balaban J connectivity index is 2.24. The summed E-state index contributed by atoms with van der Waals surface area (Å²) >= 11 is 0.551. The summed E-state index contributed by atoms with van der Waals surface area (Å²) in [6.07, 6.45) is 0. The molecule has 0 spiro atoms. The van der Waals surface area contributed by atoms with Gasteiger partial charge in [-0.3, -0.25) is 4.18 Å². The van der Waals surface area contributed by atoms with E-state index in [0.717, 1.165) is 28.7 Å². The van der Waals surface area contributed by atoms with E-state index in [1.165, 1.54) is 7.11 Å². The van der Waals surface area contributed by atoms with E-state index >= 15 is 0 Å². The summed E-state index contributed by atoms with van der Waals surface area (Å²) in [5, 5.41) is 3.58. The molecule has 4 aromatic carbocycles. The molecule has 4 aromatic rings. The fourth-order valence-corrected chi connectivity index (χ4v) is 5.79. The zero-order valence-corrected chi connectivity index (χ0v) is 21.0. The summed E-state index contributed by atoms with van der Waals surface area (Å²) in [7, 11) is 1.38. The standard InChI is InChI=1S/C21H14I2O4S2/c1-27-29(26)19-9-3-13-11-15(23)5-7-17(13)21(19)20-16-6-4-14(22)10-12(16)2-8-18(20)28(24)25/h2-11H,1H3,(H,24,25). The van der Waals surface area contributed by atoms with Crippen LogP contribution in [-0.2, 0) is 26.3 Å². The first kappa shape index (κ1) is 21.3. The van der Waals surface area contributed by atoms with E-state index < -0.39 is 22.2 Å². The summed E-state index contributed by atoms with van der Waals surface area (Å²) in [5.74, 6) is 0. The predicted molar refractivity (Wildman–Crippen MR) is 135 cm³/mol. The molecule has 0 bridgehead atoms. The number of fused-ring (bicyclic) bond motifs is 2. The number of hydrogen-bond acceptors (Lipinski definition) is 3. The normalized spacial score (nSPS) is 13.7. The maximum absolute atomic E-state index is 12.7. The van der Waals surface area contributed by atoms with Crippen LogP contribution in [0.4, 0.5) is 0 Å². The molecule has 4 nitrogen and oxygen atoms in total. The molecule has 8 heteroatoms. The van der Waals surface area contributed by atoms with Crippen LogP contribution in [0, 0.1) is 7.14 Å². The first-order valence-corrected chi connectivity index (χ1v) is 12.8. The number of rotatable bonds is 4. The van der Waals surface area contributed by atoms with Crippen LogP contribution >= 0.6 is 45.2 Å². The summed E-state index contributed by atoms with van der Waals surface area (Å²) in [4.78, 5) is 0.748. The Labute approximate surface area is 200 Å². The summed E-state index contributed by atoms with van der Waals surface area (Å²) in [5.41, 5.74) is 1.26. The van der Waals surface area contributed by atoms with Gasteiger partial charge in [-0.05, 0) is 103 Å². The van der Waals surface area contributed by atoms with Gasteiger partial charge in [0.1, 0.15) is 0 Å². The molecule has 1 N–H and O–H groups in total. The van der Waals surface area contributed by atoms with Crippen LogP contribution in [0.2, 0.25) is 0 Å². The van der Waals surface area contributed by atoms with Gasteiger partial charge in [-0.25, -0.2) is 8.42 Å². The molecular formula is C21H14I2O4S2. The van der Waals surface area contributed by atoms with Gasteiger partial charge in [0.25, 0.3) is 0 Å². The van der Waals surface area contributed by atoms with E-state index in [-0.39, 0.29) is 4.90 Å². The number of hydrogen-bond donors (Lipinski definition) is 1. The van der Waals surface area contributed by atoms with Gasteiger partial charge < -0.3 is 4.55 Å². The Morgan fingerprint density at radius 2 is 1.24 bits per heavy atom. The largest absolute Gasteiger partial charge is 0.302 e. The predicted octanol–water partition coefficient (Wildman–Crippen LogP) is 6.12. The minimum Gasteiger partial charge on any atom is -0.302 e. The minimum absolute atomic E-state index is 0.277. The molecule has 148 valence electrons. The Bertz CT molecular complexity index is 1320. The second-order valence-electron chi connectivity index (χ2n) is 6.26. The van der Waals surface area contributed by atoms with Crippen LogP contribution in [0.15, 0.2) is 70.5 Å². The number of benzene rings is 4. The molecule has 4 rings (SSSR count). The highest BCUT2D eigenvalue weighted by atomic mass is 127. The van der Waals surface area contributed by atoms with E-state index in [1.54, 1.807) is 12.1 Å². The van der Waals surface area contributed by atoms with Crippen LogP contribution in [0.1, 0.15) is 0 Å². The van der Waals surface area contributed by atoms with E-state index in [9.17, 15) is 13.0 Å². The molecule has 2 atom stereocenters. The van der Waals surface area contributed by atoms with Crippen LogP contribution in [-0.4, -0.2) is 20.1 Å². The van der Waals surface area contributed by atoms with Crippen molar-refractivity contribution < 1.29 is 17.2 Å². The molecular weight excluding hydrogens is 634 g/mol. The third-order valence-electron chi connectivity index (χ3n) is 4.66. The van der Waals surface area contributed by atoms with Crippen LogP contribution in [0.25, 0.3) is 32.7 Å². The molecule has 0 aliphatic carbocycles. The zero-order chi connectivity index (χ0) is 20.7. The third kappa shape index (κ3) is 4.02. The summed E-state index contributed by atoms with van der Waals surface area (Å²) in [6, 6.07) is 19.0. The van der Waals surface area contributed by atoms with E-state index in [0.29, 0.717) is 16.0 Å². The molecule has 0 radical (unpaired) electrons. The van der Waals surface area contributed by atoms with Gasteiger partial charge >= 0.3 is 0 Å². The zero-order valence-electron chi connectivity index (χ0n) is 15.0. The molecule has 0 aromatic heterocycles. The molecule has 0 aliphatic rings. The van der Waals surface area contributed by atoms with Crippen LogP contribution in [0.5, 0.6) is 0 Å². The Hall–Kier alpha value is -0.920. The fourth-order valence-electron chi connectivity index (χ4n) is 3.45. The third-order valence-corrected chi connectivity index (χ3v) is 7.72. The van der Waals surface area contributed by atoms with Crippen molar-refractivity contribution in [1.29, 1.82) is 0 Å². The second-order valence-corrected chi connectivity index (χ2v) is 10.9. The Morgan fingerprint density at radius 3 is 1.72 bits per heavy atom. The molecule has 0 heterocycles. The van der Waals surface area contributed by atoms with Crippen molar-refractivity contribution >= 4 is 88.9 Å². The van der Waals surface area contributed by atoms with Crippen molar-refractivity contribution in [2.45, 2.75) is 9.79 Å². The van der Waals surface area contributed by atoms with Crippen molar-refractivity contribution in [2.75, 3.05) is 7.11 Å². The van der Waals surface area contributed by atoms with Crippen molar-refractivity contribution in [3.8, 4) is 11.1 Å². The van der Waals surface area contributed by atoms with E-state index in [2.05, 4.69) is 45.2 Å². The van der Waals surface area contributed by atoms with E-state index in [1.807, 2.05) is 48.5 Å². The maximum atomic E-state index is 12.7. The topological polar surface area (TPSA) is 63.6 Å². The van der Waals surface area contributed by atoms with Gasteiger partial charge in [-0.15, -0.1) is 0 Å². The van der Waals surface area contributed by atoms with Crippen molar-refractivity contribution in [3.63, 3.8) is 0 Å². The molecule has 0 saturated heterocycles.